The third-order valence-electron chi connectivity index (χ3n) is 3.76. The zero-order chi connectivity index (χ0) is 19.2. The number of hydrogen-bond donors (Lipinski definition) is 1. The Morgan fingerprint density at radius 3 is 2.48 bits per heavy atom. The second-order valence-electron chi connectivity index (χ2n) is 5.85. The minimum atomic E-state index is -3.86. The summed E-state index contributed by atoms with van der Waals surface area (Å²) in [5.74, 6) is 0.874. The van der Waals surface area contributed by atoms with Crippen LogP contribution >= 0.6 is 11.3 Å². The van der Waals surface area contributed by atoms with Crippen molar-refractivity contribution in [2.75, 3.05) is 24.2 Å². The van der Waals surface area contributed by atoms with Gasteiger partial charge in [0.05, 0.1) is 20.8 Å². The lowest BCUT2D eigenvalue weighted by Gasteiger charge is -2.19. The Balaban J connectivity index is 1.66. The van der Waals surface area contributed by atoms with E-state index in [9.17, 15) is 16.8 Å². The molecule has 1 N–H and O–H groups in total. The molecule has 2 heterocycles. The smallest absolute Gasteiger partial charge is 0.262 e. The summed E-state index contributed by atoms with van der Waals surface area (Å²) in [6, 6.07) is 9.05. The maximum Gasteiger partial charge on any atom is 0.262 e. The summed E-state index contributed by atoms with van der Waals surface area (Å²) in [7, 11) is -7.28. The van der Waals surface area contributed by atoms with E-state index in [0.717, 1.165) is 17.6 Å². The highest BCUT2D eigenvalue weighted by molar-refractivity contribution is 7.93. The first-order chi connectivity index (χ1) is 12.7. The average Bonchev–Trinajstić information content (AvgIpc) is 3.05. The van der Waals surface area contributed by atoms with Gasteiger partial charge in [0.1, 0.15) is 13.2 Å². The van der Waals surface area contributed by atoms with Gasteiger partial charge in [0.15, 0.2) is 11.5 Å². The van der Waals surface area contributed by atoms with Crippen LogP contribution in [0.1, 0.15) is 0 Å². The molecule has 1 aromatic heterocycles. The number of aromatic nitrogens is 1. The number of sulfone groups is 1. The predicted octanol–water partition coefficient (Wildman–Crippen LogP) is 2.27. The quantitative estimate of drug-likeness (QED) is 0.681. The van der Waals surface area contributed by atoms with Crippen molar-refractivity contribution in [3.63, 3.8) is 0 Å². The van der Waals surface area contributed by atoms with Crippen LogP contribution in [0, 0.1) is 0 Å². The molecule has 1 aliphatic heterocycles. The minimum absolute atomic E-state index is 0.00987. The topological polar surface area (TPSA) is 112 Å². The maximum absolute atomic E-state index is 12.7. The van der Waals surface area contributed by atoms with Gasteiger partial charge in [-0.05, 0) is 30.3 Å². The van der Waals surface area contributed by atoms with Gasteiger partial charge in [0.2, 0.25) is 14.2 Å². The molecule has 142 valence electrons. The van der Waals surface area contributed by atoms with Crippen molar-refractivity contribution in [1.82, 2.24) is 4.98 Å². The van der Waals surface area contributed by atoms with Gasteiger partial charge in [-0.1, -0.05) is 0 Å². The summed E-state index contributed by atoms with van der Waals surface area (Å²) >= 11 is 0.988. The fraction of sp³-hybridized carbons (Fsp3) is 0.188. The number of sulfonamides is 1. The third-order valence-corrected chi connectivity index (χ3v) is 7.84. The van der Waals surface area contributed by atoms with Crippen molar-refractivity contribution >= 4 is 47.1 Å². The monoisotopic (exact) mass is 426 g/mol. The van der Waals surface area contributed by atoms with Crippen LogP contribution < -0.4 is 14.2 Å². The predicted molar refractivity (Wildman–Crippen MR) is 101 cm³/mol. The van der Waals surface area contributed by atoms with Crippen molar-refractivity contribution in [1.29, 1.82) is 0 Å². The first-order valence-corrected chi connectivity index (χ1v) is 11.9. The summed E-state index contributed by atoms with van der Waals surface area (Å²) in [5, 5.41) is 0. The average molecular weight is 426 g/mol. The molecule has 1 aliphatic rings. The van der Waals surface area contributed by atoms with Gasteiger partial charge < -0.3 is 9.47 Å². The molecule has 3 aromatic rings. The second kappa shape index (κ2) is 6.36. The van der Waals surface area contributed by atoms with Gasteiger partial charge in [0.25, 0.3) is 10.0 Å². The Morgan fingerprint density at radius 1 is 1.00 bits per heavy atom. The molecule has 0 saturated heterocycles. The first kappa shape index (κ1) is 18.0. The Bertz CT molecular complexity index is 1250. The first-order valence-electron chi connectivity index (χ1n) is 7.75. The number of fused-ring (bicyclic) bond motifs is 2. The molecule has 0 spiro atoms. The molecule has 0 radical (unpaired) electrons. The van der Waals surface area contributed by atoms with E-state index in [-0.39, 0.29) is 9.24 Å². The molecule has 8 nitrogen and oxygen atoms in total. The molecular weight excluding hydrogens is 412 g/mol. The van der Waals surface area contributed by atoms with E-state index >= 15 is 0 Å². The highest BCUT2D eigenvalue weighted by atomic mass is 32.2. The van der Waals surface area contributed by atoms with Crippen molar-refractivity contribution in [3.05, 3.63) is 36.4 Å². The van der Waals surface area contributed by atoms with Crippen LogP contribution in [0.3, 0.4) is 0 Å². The summed E-state index contributed by atoms with van der Waals surface area (Å²) < 4.78 is 62.5. The van der Waals surface area contributed by atoms with E-state index in [1.807, 2.05) is 0 Å². The number of rotatable bonds is 4. The molecule has 0 unspecified atom stereocenters. The van der Waals surface area contributed by atoms with E-state index in [0.29, 0.717) is 40.6 Å². The molecule has 27 heavy (non-hydrogen) atoms. The highest BCUT2D eigenvalue weighted by Gasteiger charge is 2.20. The van der Waals surface area contributed by atoms with Gasteiger partial charge in [-0.15, -0.1) is 11.3 Å². The molecule has 4 rings (SSSR count). The van der Waals surface area contributed by atoms with Crippen LogP contribution in [-0.2, 0) is 19.9 Å². The molecular formula is C16H14N2O6S3. The molecule has 0 bridgehead atoms. The van der Waals surface area contributed by atoms with Crippen LogP contribution in [0.4, 0.5) is 5.69 Å². The maximum atomic E-state index is 12.7. The van der Waals surface area contributed by atoms with Gasteiger partial charge in [-0.25, -0.2) is 21.8 Å². The van der Waals surface area contributed by atoms with Crippen LogP contribution in [0.15, 0.2) is 45.6 Å². The van der Waals surface area contributed by atoms with Crippen molar-refractivity contribution in [3.8, 4) is 11.5 Å². The van der Waals surface area contributed by atoms with Gasteiger partial charge in [-0.3, -0.25) is 4.72 Å². The number of nitrogens with one attached hydrogen (secondary N) is 1. The van der Waals surface area contributed by atoms with E-state index in [1.54, 1.807) is 18.2 Å². The zero-order valence-electron chi connectivity index (χ0n) is 14.0. The van der Waals surface area contributed by atoms with Crippen molar-refractivity contribution in [2.45, 2.75) is 9.24 Å². The largest absolute Gasteiger partial charge is 0.486 e. The van der Waals surface area contributed by atoms with Gasteiger partial charge >= 0.3 is 0 Å². The number of anilines is 1. The Labute approximate surface area is 159 Å². The summed E-state index contributed by atoms with van der Waals surface area (Å²) in [6.07, 6.45) is 1.08. The van der Waals surface area contributed by atoms with Crippen LogP contribution in [0.25, 0.3) is 10.2 Å². The van der Waals surface area contributed by atoms with E-state index in [1.165, 1.54) is 18.2 Å². The van der Waals surface area contributed by atoms with Crippen LogP contribution in [0.5, 0.6) is 11.5 Å². The van der Waals surface area contributed by atoms with E-state index in [4.69, 9.17) is 9.47 Å². The molecule has 0 aliphatic carbocycles. The highest BCUT2D eigenvalue weighted by Crippen LogP contribution is 2.33. The Kier molecular flexibility index (Phi) is 4.24. The molecule has 2 aromatic carbocycles. The second-order valence-corrected chi connectivity index (χ2v) is 10.7. The fourth-order valence-corrected chi connectivity index (χ4v) is 5.47. The number of ether oxygens (including phenoxy) is 2. The molecule has 0 amide bonds. The summed E-state index contributed by atoms with van der Waals surface area (Å²) in [6.45, 7) is 0.774. The number of nitrogens with zero attached hydrogens (tertiary/aromatic N) is 1. The summed E-state index contributed by atoms with van der Waals surface area (Å²) in [4.78, 5) is 4.09. The molecule has 11 heteroatoms. The Morgan fingerprint density at radius 2 is 1.74 bits per heavy atom. The van der Waals surface area contributed by atoms with Crippen molar-refractivity contribution in [2.24, 2.45) is 0 Å². The third kappa shape index (κ3) is 3.57. The SMILES string of the molecule is CS(=O)(=O)c1nc2ccc(NS(=O)(=O)c3ccc4c(c3)OCCO4)cc2s1. The molecule has 0 fully saturated rings. The van der Waals surface area contributed by atoms with E-state index < -0.39 is 19.9 Å². The van der Waals surface area contributed by atoms with Gasteiger partial charge in [-0.2, -0.15) is 0 Å². The minimum Gasteiger partial charge on any atom is -0.486 e. The molecule has 0 saturated carbocycles. The standard InChI is InChI=1S/C16H14N2O6S3/c1-26(19,20)16-17-12-4-2-10(8-15(12)25-16)18-27(21,22)11-3-5-13-14(9-11)24-7-6-23-13/h2-5,8-9,18H,6-7H2,1H3. The number of hydrogen-bond acceptors (Lipinski definition) is 8. The number of benzene rings is 2. The lowest BCUT2D eigenvalue weighted by Crippen LogP contribution is -2.17. The summed E-state index contributed by atoms with van der Waals surface area (Å²) in [5.41, 5.74) is 0.795. The van der Waals surface area contributed by atoms with Crippen molar-refractivity contribution < 1.29 is 26.3 Å². The fourth-order valence-electron chi connectivity index (χ4n) is 2.53. The van der Waals surface area contributed by atoms with Crippen LogP contribution in [0.2, 0.25) is 0 Å². The normalized spacial score (nSPS) is 14.3. The number of thiazole rings is 1. The lowest BCUT2D eigenvalue weighted by molar-refractivity contribution is 0.171. The molecule has 0 atom stereocenters. The lowest BCUT2D eigenvalue weighted by atomic mass is 10.3. The van der Waals surface area contributed by atoms with Gasteiger partial charge in [0, 0.05) is 12.3 Å². The zero-order valence-corrected chi connectivity index (χ0v) is 16.4. The van der Waals surface area contributed by atoms with E-state index in [2.05, 4.69) is 9.71 Å². The van der Waals surface area contributed by atoms with Crippen LogP contribution in [-0.4, -0.2) is 41.3 Å². The Hall–Kier alpha value is -2.37.